The summed E-state index contributed by atoms with van der Waals surface area (Å²) in [4.78, 5) is 0. The number of aryl methyl sites for hydroxylation is 1. The second-order valence-electron chi connectivity index (χ2n) is 4.54. The average molecular weight is 228 g/mol. The van der Waals surface area contributed by atoms with E-state index in [4.69, 9.17) is 5.73 Å². The SMILES string of the molecule is Cc1cccc(C2CCNc3c(N)cnn32)c1. The van der Waals surface area contributed by atoms with Crippen LogP contribution in [0.1, 0.15) is 23.6 Å². The first-order chi connectivity index (χ1) is 8.25. The molecule has 1 aromatic heterocycles. The maximum absolute atomic E-state index is 5.89. The van der Waals surface area contributed by atoms with Crippen LogP contribution in [0, 0.1) is 6.92 Å². The van der Waals surface area contributed by atoms with E-state index >= 15 is 0 Å². The van der Waals surface area contributed by atoms with E-state index in [0.717, 1.165) is 24.5 Å². The second kappa shape index (κ2) is 3.80. The molecule has 0 amide bonds. The lowest BCUT2D eigenvalue weighted by molar-refractivity contribution is 0.482. The van der Waals surface area contributed by atoms with Crippen molar-refractivity contribution in [2.75, 3.05) is 17.6 Å². The van der Waals surface area contributed by atoms with Gasteiger partial charge >= 0.3 is 0 Å². The topological polar surface area (TPSA) is 55.9 Å². The number of nitrogens with one attached hydrogen (secondary N) is 1. The fourth-order valence-corrected chi connectivity index (χ4v) is 2.43. The minimum absolute atomic E-state index is 0.295. The van der Waals surface area contributed by atoms with Crippen molar-refractivity contribution in [3.05, 3.63) is 41.6 Å². The van der Waals surface area contributed by atoms with Gasteiger partial charge in [0.2, 0.25) is 0 Å². The van der Waals surface area contributed by atoms with Gasteiger partial charge in [0.15, 0.2) is 0 Å². The first kappa shape index (κ1) is 10.2. The normalized spacial score (nSPS) is 18.5. The molecule has 0 radical (unpaired) electrons. The third-order valence-corrected chi connectivity index (χ3v) is 3.26. The van der Waals surface area contributed by atoms with Gasteiger partial charge in [0.05, 0.1) is 17.9 Å². The fourth-order valence-electron chi connectivity index (χ4n) is 2.43. The van der Waals surface area contributed by atoms with Gasteiger partial charge in [0.1, 0.15) is 5.82 Å². The summed E-state index contributed by atoms with van der Waals surface area (Å²) in [6, 6.07) is 8.88. The Bertz CT molecular complexity index is 544. The monoisotopic (exact) mass is 228 g/mol. The molecule has 0 saturated heterocycles. The molecular weight excluding hydrogens is 212 g/mol. The maximum Gasteiger partial charge on any atom is 0.148 e. The Morgan fingerprint density at radius 2 is 2.35 bits per heavy atom. The molecule has 1 aromatic carbocycles. The van der Waals surface area contributed by atoms with Crippen LogP contribution >= 0.6 is 0 Å². The Kier molecular flexibility index (Phi) is 2.28. The van der Waals surface area contributed by atoms with Crippen LogP contribution in [0.5, 0.6) is 0 Å². The second-order valence-corrected chi connectivity index (χ2v) is 4.54. The number of nitrogens with zero attached hydrogens (tertiary/aromatic N) is 2. The van der Waals surface area contributed by atoms with Crippen LogP contribution in [0.4, 0.5) is 11.5 Å². The summed E-state index contributed by atoms with van der Waals surface area (Å²) in [5, 5.41) is 7.67. The molecule has 1 aliphatic heterocycles. The van der Waals surface area contributed by atoms with Crippen LogP contribution in [0.25, 0.3) is 0 Å². The Labute approximate surface area is 100 Å². The Morgan fingerprint density at radius 1 is 1.47 bits per heavy atom. The average Bonchev–Trinajstić information content (AvgIpc) is 2.71. The molecule has 4 heteroatoms. The summed E-state index contributed by atoms with van der Waals surface area (Å²) < 4.78 is 1.99. The van der Waals surface area contributed by atoms with Crippen LogP contribution in [0.15, 0.2) is 30.5 Å². The molecular formula is C13H16N4. The van der Waals surface area contributed by atoms with Gasteiger partial charge in [-0.25, -0.2) is 4.68 Å². The van der Waals surface area contributed by atoms with Crippen molar-refractivity contribution in [2.45, 2.75) is 19.4 Å². The molecule has 0 aliphatic carbocycles. The maximum atomic E-state index is 5.89. The summed E-state index contributed by atoms with van der Waals surface area (Å²) in [5.41, 5.74) is 9.19. The van der Waals surface area contributed by atoms with Gasteiger partial charge in [0, 0.05) is 6.54 Å². The highest BCUT2D eigenvalue weighted by Crippen LogP contribution is 2.32. The van der Waals surface area contributed by atoms with E-state index in [9.17, 15) is 0 Å². The van der Waals surface area contributed by atoms with Gasteiger partial charge in [-0.3, -0.25) is 0 Å². The van der Waals surface area contributed by atoms with Gasteiger partial charge in [-0.1, -0.05) is 29.8 Å². The van der Waals surface area contributed by atoms with E-state index in [2.05, 4.69) is 41.6 Å². The van der Waals surface area contributed by atoms with Crippen LogP contribution in [0.3, 0.4) is 0 Å². The van der Waals surface area contributed by atoms with Crippen molar-refractivity contribution in [1.29, 1.82) is 0 Å². The molecule has 0 saturated carbocycles. The van der Waals surface area contributed by atoms with E-state index in [1.54, 1.807) is 6.20 Å². The van der Waals surface area contributed by atoms with Crippen molar-refractivity contribution >= 4 is 11.5 Å². The third kappa shape index (κ3) is 1.65. The first-order valence-corrected chi connectivity index (χ1v) is 5.89. The molecule has 0 bridgehead atoms. The minimum atomic E-state index is 0.295. The number of anilines is 2. The van der Waals surface area contributed by atoms with E-state index in [-0.39, 0.29) is 0 Å². The van der Waals surface area contributed by atoms with Gasteiger partial charge in [-0.2, -0.15) is 5.10 Å². The van der Waals surface area contributed by atoms with E-state index in [1.165, 1.54) is 11.1 Å². The fraction of sp³-hybridized carbons (Fsp3) is 0.308. The van der Waals surface area contributed by atoms with Gasteiger partial charge in [-0.15, -0.1) is 0 Å². The molecule has 2 heterocycles. The van der Waals surface area contributed by atoms with E-state index < -0.39 is 0 Å². The molecule has 1 aliphatic rings. The lowest BCUT2D eigenvalue weighted by atomic mass is 10.0. The zero-order valence-electron chi connectivity index (χ0n) is 9.85. The highest BCUT2D eigenvalue weighted by atomic mass is 15.4. The zero-order chi connectivity index (χ0) is 11.8. The minimum Gasteiger partial charge on any atom is -0.394 e. The number of fused-ring (bicyclic) bond motifs is 1. The predicted molar refractivity (Wildman–Crippen MR) is 69.1 cm³/mol. The van der Waals surface area contributed by atoms with Crippen LogP contribution in [-0.2, 0) is 0 Å². The van der Waals surface area contributed by atoms with Crippen LogP contribution in [-0.4, -0.2) is 16.3 Å². The highest BCUT2D eigenvalue weighted by molar-refractivity contribution is 5.62. The van der Waals surface area contributed by atoms with E-state index in [0.29, 0.717) is 6.04 Å². The first-order valence-electron chi connectivity index (χ1n) is 5.89. The molecule has 88 valence electrons. The number of rotatable bonds is 1. The Hall–Kier alpha value is -1.97. The quantitative estimate of drug-likeness (QED) is 0.786. The zero-order valence-corrected chi connectivity index (χ0v) is 9.85. The summed E-state index contributed by atoms with van der Waals surface area (Å²) in [5.74, 6) is 0.947. The van der Waals surface area contributed by atoms with Crippen LogP contribution < -0.4 is 11.1 Å². The highest BCUT2D eigenvalue weighted by Gasteiger charge is 2.23. The van der Waals surface area contributed by atoms with Crippen molar-refractivity contribution in [3.63, 3.8) is 0 Å². The van der Waals surface area contributed by atoms with E-state index in [1.807, 2.05) is 4.68 Å². The third-order valence-electron chi connectivity index (χ3n) is 3.26. The Morgan fingerprint density at radius 3 is 3.18 bits per heavy atom. The van der Waals surface area contributed by atoms with Gasteiger partial charge in [-0.05, 0) is 18.9 Å². The largest absolute Gasteiger partial charge is 0.394 e. The van der Waals surface area contributed by atoms with Crippen molar-refractivity contribution in [2.24, 2.45) is 0 Å². The summed E-state index contributed by atoms with van der Waals surface area (Å²) in [6.45, 7) is 3.05. The molecule has 1 unspecified atom stereocenters. The number of nitrogen functional groups attached to an aromatic ring is 1. The van der Waals surface area contributed by atoms with Gasteiger partial charge in [0.25, 0.3) is 0 Å². The van der Waals surface area contributed by atoms with Crippen molar-refractivity contribution in [1.82, 2.24) is 9.78 Å². The lowest BCUT2D eigenvalue weighted by Gasteiger charge is -2.26. The molecule has 0 spiro atoms. The molecule has 4 nitrogen and oxygen atoms in total. The molecule has 17 heavy (non-hydrogen) atoms. The smallest absolute Gasteiger partial charge is 0.148 e. The van der Waals surface area contributed by atoms with Crippen LogP contribution in [0.2, 0.25) is 0 Å². The summed E-state index contributed by atoms with van der Waals surface area (Å²) in [6.07, 6.45) is 2.76. The lowest BCUT2D eigenvalue weighted by Crippen LogP contribution is -2.24. The molecule has 3 N–H and O–H groups in total. The predicted octanol–water partition coefficient (Wildman–Crippen LogP) is 2.18. The number of nitrogens with two attached hydrogens (primary N) is 1. The van der Waals surface area contributed by atoms with Crippen molar-refractivity contribution < 1.29 is 0 Å². The van der Waals surface area contributed by atoms with Crippen molar-refractivity contribution in [3.8, 4) is 0 Å². The molecule has 0 fully saturated rings. The number of aromatic nitrogens is 2. The number of benzene rings is 1. The number of hydrogen-bond acceptors (Lipinski definition) is 3. The number of hydrogen-bond donors (Lipinski definition) is 2. The molecule has 3 rings (SSSR count). The summed E-state index contributed by atoms with van der Waals surface area (Å²) in [7, 11) is 0. The molecule has 1 atom stereocenters. The standard InChI is InChI=1S/C13H16N4/c1-9-3-2-4-10(7-9)12-5-6-15-13-11(14)8-16-17(12)13/h2-4,7-8,12,15H,5-6,14H2,1H3. The van der Waals surface area contributed by atoms with Gasteiger partial charge < -0.3 is 11.1 Å². The molecule has 2 aromatic rings. The Balaban J connectivity index is 2.06. The summed E-state index contributed by atoms with van der Waals surface area (Å²) >= 11 is 0.